The maximum Gasteiger partial charge on any atom is 0.321 e. The normalized spacial score (nSPS) is 17.6. The Morgan fingerprint density at radius 1 is 1.30 bits per heavy atom. The van der Waals surface area contributed by atoms with Crippen molar-refractivity contribution < 1.29 is 19.1 Å². The monoisotopic (exact) mass is 282 g/mol. The predicted octanol–water partition coefficient (Wildman–Crippen LogP) is 1.37. The van der Waals surface area contributed by atoms with Crippen LogP contribution in [0.5, 0.6) is 0 Å². The second-order valence-corrected chi connectivity index (χ2v) is 5.24. The van der Waals surface area contributed by atoms with Gasteiger partial charge in [0.25, 0.3) is 5.91 Å². The Kier molecular flexibility index (Phi) is 6.76. The molecule has 0 bridgehead atoms. The summed E-state index contributed by atoms with van der Waals surface area (Å²) in [6.45, 7) is 3.95. The van der Waals surface area contributed by atoms with Crippen LogP contribution >= 0.6 is 0 Å². The summed E-state index contributed by atoms with van der Waals surface area (Å²) in [5.41, 5.74) is 0. The van der Waals surface area contributed by atoms with Gasteiger partial charge < -0.3 is 10.1 Å². The molecule has 0 aromatic rings. The van der Waals surface area contributed by atoms with Gasteiger partial charge in [-0.25, -0.2) is 4.79 Å². The fraction of sp³-hybridized carbons (Fsp3) is 0.643. The van der Waals surface area contributed by atoms with Crippen molar-refractivity contribution in [1.82, 2.24) is 10.6 Å². The van der Waals surface area contributed by atoms with Gasteiger partial charge >= 0.3 is 12.0 Å². The zero-order chi connectivity index (χ0) is 15.0. The molecule has 0 aromatic heterocycles. The van der Waals surface area contributed by atoms with E-state index in [1.165, 1.54) is 0 Å². The molecule has 6 nitrogen and oxygen atoms in total. The summed E-state index contributed by atoms with van der Waals surface area (Å²) in [5, 5.41) is 4.66. The minimum absolute atomic E-state index is 0.178. The molecule has 1 rings (SSSR count). The summed E-state index contributed by atoms with van der Waals surface area (Å²) < 4.78 is 4.90. The minimum atomic E-state index is -0.619. The van der Waals surface area contributed by atoms with E-state index in [1.54, 1.807) is 0 Å². The number of imide groups is 1. The van der Waals surface area contributed by atoms with Gasteiger partial charge in [-0.2, -0.15) is 0 Å². The number of ether oxygens (including phenoxy) is 1. The molecule has 3 amide bonds. The summed E-state index contributed by atoms with van der Waals surface area (Å²) in [5.74, 6) is -0.881. The smallest absolute Gasteiger partial charge is 0.321 e. The SMILES string of the molecule is CC(C)CNC(=O)NC(=O)COC(=O)[C@H]1CC=CCC1. The first-order valence-corrected chi connectivity index (χ1v) is 6.88. The molecular weight excluding hydrogens is 260 g/mol. The highest BCUT2D eigenvalue weighted by atomic mass is 16.5. The molecule has 0 aromatic carbocycles. The third kappa shape index (κ3) is 6.36. The highest BCUT2D eigenvalue weighted by Gasteiger charge is 2.21. The van der Waals surface area contributed by atoms with E-state index in [4.69, 9.17) is 4.74 Å². The van der Waals surface area contributed by atoms with Crippen molar-refractivity contribution in [3.8, 4) is 0 Å². The van der Waals surface area contributed by atoms with E-state index in [-0.39, 0.29) is 11.9 Å². The molecule has 0 saturated heterocycles. The Hall–Kier alpha value is -1.85. The summed E-state index contributed by atoms with van der Waals surface area (Å²) in [4.78, 5) is 34.4. The van der Waals surface area contributed by atoms with Gasteiger partial charge in [0.2, 0.25) is 0 Å². The highest BCUT2D eigenvalue weighted by Crippen LogP contribution is 2.19. The Balaban J connectivity index is 2.20. The van der Waals surface area contributed by atoms with Crippen LogP contribution in [0, 0.1) is 11.8 Å². The lowest BCUT2D eigenvalue weighted by molar-refractivity contribution is -0.152. The van der Waals surface area contributed by atoms with Gasteiger partial charge in [-0.3, -0.25) is 14.9 Å². The van der Waals surface area contributed by atoms with Crippen LogP contribution in [0.25, 0.3) is 0 Å². The Morgan fingerprint density at radius 2 is 2.05 bits per heavy atom. The van der Waals surface area contributed by atoms with Crippen LogP contribution in [-0.2, 0) is 14.3 Å². The van der Waals surface area contributed by atoms with Crippen LogP contribution in [0.1, 0.15) is 33.1 Å². The van der Waals surface area contributed by atoms with Crippen molar-refractivity contribution in [2.24, 2.45) is 11.8 Å². The number of allylic oxidation sites excluding steroid dienone is 2. The van der Waals surface area contributed by atoms with E-state index in [0.717, 1.165) is 12.8 Å². The van der Waals surface area contributed by atoms with Gasteiger partial charge in [0.05, 0.1) is 5.92 Å². The van der Waals surface area contributed by atoms with Crippen LogP contribution < -0.4 is 10.6 Å². The fourth-order valence-electron chi connectivity index (χ4n) is 1.77. The van der Waals surface area contributed by atoms with Gasteiger partial charge in [-0.15, -0.1) is 0 Å². The lowest BCUT2D eigenvalue weighted by Gasteiger charge is -2.16. The van der Waals surface area contributed by atoms with E-state index in [9.17, 15) is 14.4 Å². The average molecular weight is 282 g/mol. The molecule has 20 heavy (non-hydrogen) atoms. The fourth-order valence-corrected chi connectivity index (χ4v) is 1.77. The molecule has 0 fully saturated rings. The van der Waals surface area contributed by atoms with Crippen molar-refractivity contribution in [3.05, 3.63) is 12.2 Å². The quantitative estimate of drug-likeness (QED) is 0.589. The van der Waals surface area contributed by atoms with Crippen molar-refractivity contribution in [1.29, 1.82) is 0 Å². The van der Waals surface area contributed by atoms with E-state index in [0.29, 0.717) is 18.9 Å². The molecule has 1 aliphatic rings. The summed E-state index contributed by atoms with van der Waals surface area (Å²) in [6, 6.07) is -0.569. The first kappa shape index (κ1) is 16.2. The molecule has 0 radical (unpaired) electrons. The largest absolute Gasteiger partial charge is 0.455 e. The molecule has 0 heterocycles. The zero-order valence-electron chi connectivity index (χ0n) is 12.0. The van der Waals surface area contributed by atoms with Crippen LogP contribution in [0.2, 0.25) is 0 Å². The summed E-state index contributed by atoms with van der Waals surface area (Å²) in [6.07, 6.45) is 6.20. The topological polar surface area (TPSA) is 84.5 Å². The number of nitrogens with one attached hydrogen (secondary N) is 2. The van der Waals surface area contributed by atoms with Gasteiger partial charge in [-0.1, -0.05) is 26.0 Å². The number of urea groups is 1. The van der Waals surface area contributed by atoms with Crippen molar-refractivity contribution in [2.75, 3.05) is 13.2 Å². The first-order chi connectivity index (χ1) is 9.49. The van der Waals surface area contributed by atoms with Crippen molar-refractivity contribution in [2.45, 2.75) is 33.1 Å². The van der Waals surface area contributed by atoms with Gasteiger partial charge in [0.15, 0.2) is 6.61 Å². The highest BCUT2D eigenvalue weighted by molar-refractivity contribution is 5.95. The van der Waals surface area contributed by atoms with E-state index >= 15 is 0 Å². The van der Waals surface area contributed by atoms with Gasteiger partial charge in [0.1, 0.15) is 0 Å². The average Bonchev–Trinajstić information content (AvgIpc) is 2.43. The zero-order valence-corrected chi connectivity index (χ0v) is 12.0. The van der Waals surface area contributed by atoms with Crippen molar-refractivity contribution in [3.63, 3.8) is 0 Å². The van der Waals surface area contributed by atoms with Crippen LogP contribution in [-0.4, -0.2) is 31.1 Å². The first-order valence-electron chi connectivity index (χ1n) is 6.88. The molecule has 2 N–H and O–H groups in total. The standard InChI is InChI=1S/C14H22N2O4/c1-10(2)8-15-14(19)16-12(17)9-20-13(18)11-6-4-3-5-7-11/h3-4,10-11H,5-9H2,1-2H3,(H2,15,16,17,19)/t11-/m0/s1. The molecule has 0 unspecified atom stereocenters. The Morgan fingerprint density at radius 3 is 2.65 bits per heavy atom. The van der Waals surface area contributed by atoms with Gasteiger partial charge in [0, 0.05) is 6.54 Å². The lowest BCUT2D eigenvalue weighted by atomic mass is 9.95. The molecule has 112 valence electrons. The lowest BCUT2D eigenvalue weighted by Crippen LogP contribution is -2.42. The van der Waals surface area contributed by atoms with Crippen molar-refractivity contribution >= 4 is 17.9 Å². The number of hydrogen-bond donors (Lipinski definition) is 2. The number of hydrogen-bond acceptors (Lipinski definition) is 4. The molecule has 6 heteroatoms. The van der Waals surface area contributed by atoms with Crippen LogP contribution in [0.3, 0.4) is 0 Å². The third-order valence-corrected chi connectivity index (χ3v) is 2.87. The number of carbonyl (C=O) groups excluding carboxylic acids is 3. The molecule has 0 aliphatic heterocycles. The molecule has 0 saturated carbocycles. The molecular formula is C14H22N2O4. The number of amides is 3. The van der Waals surface area contributed by atoms with E-state index in [1.807, 2.05) is 26.0 Å². The molecule has 1 atom stereocenters. The second kappa shape index (κ2) is 8.35. The molecule has 0 spiro atoms. The second-order valence-electron chi connectivity index (χ2n) is 5.24. The molecule has 1 aliphatic carbocycles. The number of esters is 1. The Bertz CT molecular complexity index is 391. The summed E-state index contributed by atoms with van der Waals surface area (Å²) in [7, 11) is 0. The van der Waals surface area contributed by atoms with E-state index < -0.39 is 18.5 Å². The van der Waals surface area contributed by atoms with Gasteiger partial charge in [-0.05, 0) is 25.2 Å². The number of carbonyl (C=O) groups is 3. The Labute approximate surface area is 118 Å². The third-order valence-electron chi connectivity index (χ3n) is 2.87. The maximum atomic E-state index is 11.7. The summed E-state index contributed by atoms with van der Waals surface area (Å²) >= 11 is 0. The number of rotatable bonds is 5. The van der Waals surface area contributed by atoms with Crippen LogP contribution in [0.4, 0.5) is 4.79 Å². The maximum absolute atomic E-state index is 11.7. The predicted molar refractivity (Wildman–Crippen MR) is 73.8 cm³/mol. The van der Waals surface area contributed by atoms with Crippen LogP contribution in [0.15, 0.2) is 12.2 Å². The van der Waals surface area contributed by atoms with E-state index in [2.05, 4.69) is 10.6 Å². The minimum Gasteiger partial charge on any atom is -0.455 e.